The lowest BCUT2D eigenvalue weighted by atomic mass is 10.1. The number of guanidine groups is 1. The maximum absolute atomic E-state index is 4.62. The highest BCUT2D eigenvalue weighted by atomic mass is 127. The number of unbranched alkanes of at least 4 members (excludes halogenated alkanes) is 1. The highest BCUT2D eigenvalue weighted by Crippen LogP contribution is 2.17. The van der Waals surface area contributed by atoms with Gasteiger partial charge >= 0.3 is 0 Å². The molecule has 0 amide bonds. The highest BCUT2D eigenvalue weighted by molar-refractivity contribution is 14.0. The Labute approximate surface area is 156 Å². The van der Waals surface area contributed by atoms with Crippen LogP contribution < -0.4 is 10.6 Å². The van der Waals surface area contributed by atoms with Crippen LogP contribution in [0.25, 0.3) is 0 Å². The van der Waals surface area contributed by atoms with Crippen molar-refractivity contribution in [1.29, 1.82) is 0 Å². The molecule has 0 saturated heterocycles. The van der Waals surface area contributed by atoms with Crippen LogP contribution >= 0.6 is 35.3 Å². The fourth-order valence-corrected chi connectivity index (χ4v) is 2.83. The summed E-state index contributed by atoms with van der Waals surface area (Å²) in [4.78, 5) is 8.87. The Balaban J connectivity index is 0.00000441. The summed E-state index contributed by atoms with van der Waals surface area (Å²) in [5, 5.41) is 9.94. The lowest BCUT2D eigenvalue weighted by molar-refractivity contribution is 0.534. The van der Waals surface area contributed by atoms with E-state index in [1.54, 1.807) is 11.3 Å². The monoisotopic (exact) mass is 438 g/mol. The minimum Gasteiger partial charge on any atom is -0.356 e. The zero-order valence-corrected chi connectivity index (χ0v) is 17.6. The molecule has 0 aromatic carbocycles. The number of hydrogen-bond donors (Lipinski definition) is 2. The van der Waals surface area contributed by atoms with Gasteiger partial charge in [-0.05, 0) is 18.3 Å². The van der Waals surface area contributed by atoms with E-state index in [0.717, 1.165) is 30.0 Å². The molecule has 2 N–H and O–H groups in total. The Morgan fingerprint density at radius 2 is 1.95 bits per heavy atom. The van der Waals surface area contributed by atoms with E-state index in [1.165, 1.54) is 25.0 Å². The summed E-state index contributed by atoms with van der Waals surface area (Å²) >= 11 is 1.71. The molecular formula is C16H31IN4S. The lowest BCUT2D eigenvalue weighted by Crippen LogP contribution is -2.37. The van der Waals surface area contributed by atoms with Gasteiger partial charge in [0.05, 0.1) is 12.2 Å². The van der Waals surface area contributed by atoms with Gasteiger partial charge in [0.15, 0.2) is 5.96 Å². The van der Waals surface area contributed by atoms with E-state index >= 15 is 0 Å². The molecule has 4 nitrogen and oxygen atoms in total. The number of aromatic nitrogens is 1. The molecule has 0 unspecified atom stereocenters. The van der Waals surface area contributed by atoms with E-state index in [0.29, 0.717) is 5.92 Å². The Morgan fingerprint density at radius 3 is 2.50 bits per heavy atom. The average molecular weight is 438 g/mol. The second kappa shape index (κ2) is 12.1. The van der Waals surface area contributed by atoms with Crippen LogP contribution in [0, 0.1) is 5.92 Å². The third-order valence-electron chi connectivity index (χ3n) is 3.29. The van der Waals surface area contributed by atoms with Crippen molar-refractivity contribution in [2.24, 2.45) is 10.9 Å². The van der Waals surface area contributed by atoms with Crippen molar-refractivity contribution in [1.82, 2.24) is 15.6 Å². The number of halogens is 1. The fraction of sp³-hybridized carbons (Fsp3) is 0.750. The third kappa shape index (κ3) is 8.92. The predicted octanol–water partition coefficient (Wildman–Crippen LogP) is 4.38. The SMILES string of the molecule is CN=C(NCCCCC(C)C)NCc1nc(C(C)C)cs1.I. The van der Waals surface area contributed by atoms with Crippen LogP contribution in [0.4, 0.5) is 0 Å². The molecule has 0 atom stereocenters. The first-order valence-corrected chi connectivity index (χ1v) is 8.79. The van der Waals surface area contributed by atoms with Crippen LogP contribution in [-0.2, 0) is 6.54 Å². The zero-order valence-electron chi connectivity index (χ0n) is 14.5. The molecule has 0 bridgehead atoms. The van der Waals surface area contributed by atoms with Gasteiger partial charge in [-0.2, -0.15) is 0 Å². The van der Waals surface area contributed by atoms with Crippen molar-refractivity contribution in [2.75, 3.05) is 13.6 Å². The quantitative estimate of drug-likeness (QED) is 0.274. The van der Waals surface area contributed by atoms with Crippen molar-refractivity contribution in [3.63, 3.8) is 0 Å². The second-order valence-corrected chi connectivity index (χ2v) is 7.01. The predicted molar refractivity (Wildman–Crippen MR) is 109 cm³/mol. The van der Waals surface area contributed by atoms with Crippen molar-refractivity contribution in [3.8, 4) is 0 Å². The molecule has 0 spiro atoms. The van der Waals surface area contributed by atoms with Crippen LogP contribution in [0.2, 0.25) is 0 Å². The molecule has 6 heteroatoms. The lowest BCUT2D eigenvalue weighted by Gasteiger charge is -2.11. The third-order valence-corrected chi connectivity index (χ3v) is 4.16. The summed E-state index contributed by atoms with van der Waals surface area (Å²) in [5.74, 6) is 2.15. The summed E-state index contributed by atoms with van der Waals surface area (Å²) < 4.78 is 0. The second-order valence-electron chi connectivity index (χ2n) is 6.06. The van der Waals surface area contributed by atoms with Gasteiger partial charge in [0.25, 0.3) is 0 Å². The van der Waals surface area contributed by atoms with Gasteiger partial charge < -0.3 is 10.6 Å². The number of rotatable bonds is 8. The number of nitrogens with one attached hydrogen (secondary N) is 2. The van der Waals surface area contributed by atoms with Gasteiger partial charge in [-0.25, -0.2) is 4.98 Å². The maximum atomic E-state index is 4.62. The molecular weight excluding hydrogens is 407 g/mol. The number of thiazole rings is 1. The van der Waals surface area contributed by atoms with Gasteiger partial charge in [0, 0.05) is 19.0 Å². The summed E-state index contributed by atoms with van der Waals surface area (Å²) in [6.45, 7) is 10.6. The Kier molecular flexibility index (Phi) is 11.9. The van der Waals surface area contributed by atoms with Crippen LogP contribution in [0.15, 0.2) is 10.4 Å². The first-order chi connectivity index (χ1) is 10.0. The Morgan fingerprint density at radius 1 is 1.23 bits per heavy atom. The molecule has 0 aliphatic heterocycles. The van der Waals surface area contributed by atoms with E-state index in [9.17, 15) is 0 Å². The van der Waals surface area contributed by atoms with Crippen molar-refractivity contribution in [3.05, 3.63) is 16.1 Å². The Bertz CT molecular complexity index is 430. The summed E-state index contributed by atoms with van der Waals surface area (Å²) in [6.07, 6.45) is 3.75. The minimum atomic E-state index is 0. The summed E-state index contributed by atoms with van der Waals surface area (Å²) in [7, 11) is 1.81. The fourth-order valence-electron chi connectivity index (χ4n) is 1.94. The van der Waals surface area contributed by atoms with Crippen molar-refractivity contribution >= 4 is 41.3 Å². The zero-order chi connectivity index (χ0) is 15.7. The molecule has 0 fully saturated rings. The molecule has 0 radical (unpaired) electrons. The number of hydrogen-bond acceptors (Lipinski definition) is 3. The first kappa shape index (κ1) is 21.6. The molecule has 1 aromatic rings. The van der Waals surface area contributed by atoms with E-state index in [1.807, 2.05) is 7.05 Å². The van der Waals surface area contributed by atoms with E-state index in [4.69, 9.17) is 0 Å². The van der Waals surface area contributed by atoms with E-state index in [2.05, 4.69) is 53.7 Å². The molecule has 1 rings (SSSR count). The Hall–Kier alpha value is -0.370. The van der Waals surface area contributed by atoms with Gasteiger partial charge in [-0.1, -0.05) is 40.5 Å². The summed E-state index contributed by atoms with van der Waals surface area (Å²) in [5.41, 5.74) is 1.17. The topological polar surface area (TPSA) is 49.3 Å². The van der Waals surface area contributed by atoms with E-state index in [-0.39, 0.29) is 24.0 Å². The largest absolute Gasteiger partial charge is 0.356 e. The summed E-state index contributed by atoms with van der Waals surface area (Å²) in [6, 6.07) is 0. The smallest absolute Gasteiger partial charge is 0.191 e. The molecule has 1 aromatic heterocycles. The first-order valence-electron chi connectivity index (χ1n) is 7.91. The van der Waals surface area contributed by atoms with Crippen LogP contribution in [0.3, 0.4) is 0 Å². The van der Waals surface area contributed by atoms with Gasteiger partial charge in [0.2, 0.25) is 0 Å². The molecule has 128 valence electrons. The van der Waals surface area contributed by atoms with Crippen LogP contribution in [0.5, 0.6) is 0 Å². The molecule has 1 heterocycles. The number of aliphatic imine (C=N–C) groups is 1. The standard InChI is InChI=1S/C16H30N4S.HI/c1-12(2)8-6-7-9-18-16(17-5)19-10-15-20-14(11-21-15)13(3)4;/h11-13H,6-10H2,1-5H3,(H2,17,18,19);1H. The van der Waals surface area contributed by atoms with Crippen molar-refractivity contribution in [2.45, 2.75) is 59.4 Å². The van der Waals surface area contributed by atoms with Gasteiger partial charge in [-0.3, -0.25) is 4.99 Å². The highest BCUT2D eigenvalue weighted by Gasteiger charge is 2.06. The van der Waals surface area contributed by atoms with Gasteiger partial charge in [-0.15, -0.1) is 35.3 Å². The minimum absolute atomic E-state index is 0. The molecule has 0 saturated carbocycles. The molecule has 0 aliphatic rings. The number of nitrogens with zero attached hydrogens (tertiary/aromatic N) is 2. The average Bonchev–Trinajstić information content (AvgIpc) is 2.90. The van der Waals surface area contributed by atoms with E-state index < -0.39 is 0 Å². The van der Waals surface area contributed by atoms with Gasteiger partial charge in [0.1, 0.15) is 5.01 Å². The van der Waals surface area contributed by atoms with Crippen LogP contribution in [-0.4, -0.2) is 24.5 Å². The molecule has 22 heavy (non-hydrogen) atoms. The maximum Gasteiger partial charge on any atom is 0.191 e. The normalized spacial score (nSPS) is 11.7. The van der Waals surface area contributed by atoms with Crippen molar-refractivity contribution < 1.29 is 0 Å². The molecule has 0 aliphatic carbocycles. The van der Waals surface area contributed by atoms with Crippen LogP contribution in [0.1, 0.15) is 63.6 Å².